The molecule has 0 spiro atoms. The van der Waals surface area contributed by atoms with Crippen LogP contribution < -0.4 is 0 Å². The SMILES string of the molecule is CCCCC/C=C/CCCCCCCCCCCCC[N+](CCC(=O)O)(CCC(=O)O)CCC(=O)O. The standard InChI is InChI=1S/C29H53NO6/c1-2-3-4-5-6-7-8-9-10-11-12-13-14-15-16-17-18-19-23-30(24-20-27(31)32,25-21-28(33)34)26-22-29(35)36/h6-7H,2-5,8-26H2,1H3,(H2-,31,32,33,34,35,36)/p+1/b7-6+. The monoisotopic (exact) mass is 512 g/mol. The van der Waals surface area contributed by atoms with E-state index >= 15 is 0 Å². The summed E-state index contributed by atoms with van der Waals surface area (Å²) in [6, 6.07) is 0. The van der Waals surface area contributed by atoms with Gasteiger partial charge >= 0.3 is 17.9 Å². The number of allylic oxidation sites excluding steroid dienone is 2. The highest BCUT2D eigenvalue weighted by Crippen LogP contribution is 2.17. The third kappa shape index (κ3) is 22.6. The molecule has 0 rings (SSSR count). The topological polar surface area (TPSA) is 112 Å². The molecule has 36 heavy (non-hydrogen) atoms. The van der Waals surface area contributed by atoms with Crippen molar-refractivity contribution in [1.29, 1.82) is 0 Å². The van der Waals surface area contributed by atoms with Crippen LogP contribution in [0.25, 0.3) is 0 Å². The van der Waals surface area contributed by atoms with Gasteiger partial charge in [-0.3, -0.25) is 14.4 Å². The van der Waals surface area contributed by atoms with Crippen molar-refractivity contribution in [3.63, 3.8) is 0 Å². The Balaban J connectivity index is 3.99. The number of carbonyl (C=O) groups is 3. The summed E-state index contributed by atoms with van der Waals surface area (Å²) in [4.78, 5) is 33.4. The highest BCUT2D eigenvalue weighted by molar-refractivity contribution is 5.67. The minimum atomic E-state index is -0.933. The first-order chi connectivity index (χ1) is 17.3. The van der Waals surface area contributed by atoms with Crippen LogP contribution in [0.5, 0.6) is 0 Å². The highest BCUT2D eigenvalue weighted by atomic mass is 16.4. The molecule has 0 unspecified atom stereocenters. The van der Waals surface area contributed by atoms with Gasteiger partial charge in [0.05, 0.1) is 45.4 Å². The number of carboxylic acid groups (broad SMARTS) is 3. The molecule has 0 aromatic heterocycles. The number of aliphatic carboxylic acids is 3. The molecule has 0 heterocycles. The molecule has 0 aliphatic rings. The van der Waals surface area contributed by atoms with Gasteiger partial charge in [-0.15, -0.1) is 0 Å². The lowest BCUT2D eigenvalue weighted by atomic mass is 10.0. The molecule has 0 fully saturated rings. The summed E-state index contributed by atoms with van der Waals surface area (Å²) in [6.07, 6.45) is 24.1. The first kappa shape index (κ1) is 34.1. The fourth-order valence-electron chi connectivity index (χ4n) is 4.72. The summed E-state index contributed by atoms with van der Waals surface area (Å²) in [7, 11) is 0. The van der Waals surface area contributed by atoms with Gasteiger partial charge in [-0.05, 0) is 38.5 Å². The molecule has 3 N–H and O–H groups in total. The average Bonchev–Trinajstić information content (AvgIpc) is 2.83. The van der Waals surface area contributed by atoms with E-state index in [0.29, 0.717) is 6.54 Å². The van der Waals surface area contributed by atoms with E-state index in [2.05, 4.69) is 19.1 Å². The van der Waals surface area contributed by atoms with Gasteiger partial charge in [0.1, 0.15) is 0 Å². The Morgan fingerprint density at radius 1 is 0.500 bits per heavy atom. The Hall–Kier alpha value is -1.89. The average molecular weight is 513 g/mol. The van der Waals surface area contributed by atoms with Crippen LogP contribution in [0.4, 0.5) is 0 Å². The summed E-state index contributed by atoms with van der Waals surface area (Å²) in [6.45, 7) is 3.73. The Bertz CT molecular complexity index is 559. The number of nitrogens with zero attached hydrogens (tertiary/aromatic N) is 1. The van der Waals surface area contributed by atoms with E-state index in [-0.39, 0.29) is 43.4 Å². The fraction of sp³-hybridized carbons (Fsp3) is 0.828. The van der Waals surface area contributed by atoms with Gasteiger partial charge in [-0.25, -0.2) is 0 Å². The van der Waals surface area contributed by atoms with Crippen molar-refractivity contribution in [1.82, 2.24) is 0 Å². The maximum Gasteiger partial charge on any atom is 0.309 e. The van der Waals surface area contributed by atoms with E-state index in [4.69, 9.17) is 15.3 Å². The molecule has 0 atom stereocenters. The summed E-state index contributed by atoms with van der Waals surface area (Å²) in [5, 5.41) is 27.3. The molecule has 0 bridgehead atoms. The summed E-state index contributed by atoms with van der Waals surface area (Å²) in [5.41, 5.74) is 0. The quantitative estimate of drug-likeness (QED) is 0.0618. The molecule has 0 aromatic carbocycles. The maximum atomic E-state index is 11.1. The Labute approximate surface area is 219 Å². The van der Waals surface area contributed by atoms with Crippen LogP contribution in [0.2, 0.25) is 0 Å². The van der Waals surface area contributed by atoms with Gasteiger partial charge in [0.25, 0.3) is 0 Å². The molecular weight excluding hydrogens is 458 g/mol. The molecule has 0 aliphatic heterocycles. The van der Waals surface area contributed by atoms with E-state index in [1.54, 1.807) is 0 Å². The zero-order chi connectivity index (χ0) is 26.9. The minimum Gasteiger partial charge on any atom is -0.481 e. The number of hydrogen-bond donors (Lipinski definition) is 3. The van der Waals surface area contributed by atoms with Gasteiger partial charge in [0, 0.05) is 0 Å². The molecule has 7 nitrogen and oxygen atoms in total. The predicted molar refractivity (Wildman–Crippen MR) is 145 cm³/mol. The maximum absolute atomic E-state index is 11.1. The van der Waals surface area contributed by atoms with Crippen LogP contribution in [0, 0.1) is 0 Å². The lowest BCUT2D eigenvalue weighted by Gasteiger charge is -2.38. The first-order valence-electron chi connectivity index (χ1n) is 14.5. The molecule has 0 amide bonds. The van der Waals surface area contributed by atoms with Crippen LogP contribution in [0.15, 0.2) is 12.2 Å². The van der Waals surface area contributed by atoms with Crippen molar-refractivity contribution in [2.75, 3.05) is 26.2 Å². The molecule has 7 heteroatoms. The Morgan fingerprint density at radius 3 is 1.19 bits per heavy atom. The minimum absolute atomic E-state index is 0.0744. The summed E-state index contributed by atoms with van der Waals surface area (Å²) < 4.78 is 0.263. The molecular formula is C29H54NO6+. The molecule has 0 radical (unpaired) electrons. The largest absolute Gasteiger partial charge is 0.481 e. The number of quaternary nitrogens is 1. The second-order valence-electron chi connectivity index (χ2n) is 10.3. The fourth-order valence-corrected chi connectivity index (χ4v) is 4.72. The number of unbranched alkanes of at least 4 members (excludes halogenated alkanes) is 14. The summed E-state index contributed by atoms with van der Waals surface area (Å²) in [5.74, 6) is -2.80. The van der Waals surface area contributed by atoms with Crippen LogP contribution in [0.1, 0.15) is 129 Å². The summed E-state index contributed by atoms with van der Waals surface area (Å²) >= 11 is 0. The molecule has 210 valence electrons. The van der Waals surface area contributed by atoms with Gasteiger partial charge in [-0.1, -0.05) is 83.3 Å². The number of hydrogen-bond acceptors (Lipinski definition) is 3. The molecule has 0 saturated carbocycles. The van der Waals surface area contributed by atoms with Crippen molar-refractivity contribution in [3.8, 4) is 0 Å². The van der Waals surface area contributed by atoms with E-state index in [9.17, 15) is 14.4 Å². The van der Waals surface area contributed by atoms with Gasteiger partial charge in [-0.2, -0.15) is 0 Å². The van der Waals surface area contributed by atoms with Crippen molar-refractivity contribution in [2.24, 2.45) is 0 Å². The van der Waals surface area contributed by atoms with Crippen LogP contribution in [0.3, 0.4) is 0 Å². The highest BCUT2D eigenvalue weighted by Gasteiger charge is 2.29. The van der Waals surface area contributed by atoms with Crippen molar-refractivity contribution in [2.45, 2.75) is 129 Å². The lowest BCUT2D eigenvalue weighted by molar-refractivity contribution is -0.927. The number of carboxylic acids is 3. The predicted octanol–water partition coefficient (Wildman–Crippen LogP) is 7.05. The molecule has 0 saturated heterocycles. The zero-order valence-corrected chi connectivity index (χ0v) is 22.9. The molecule has 0 aromatic rings. The van der Waals surface area contributed by atoms with Crippen molar-refractivity contribution < 1.29 is 34.2 Å². The van der Waals surface area contributed by atoms with Crippen molar-refractivity contribution in [3.05, 3.63) is 12.2 Å². The van der Waals surface area contributed by atoms with Gasteiger partial charge < -0.3 is 19.8 Å². The second-order valence-corrected chi connectivity index (χ2v) is 10.3. The van der Waals surface area contributed by atoms with E-state index in [1.165, 1.54) is 83.5 Å². The van der Waals surface area contributed by atoms with E-state index in [1.807, 2.05) is 0 Å². The third-order valence-corrected chi connectivity index (χ3v) is 7.04. The Morgan fingerprint density at radius 2 is 0.833 bits per heavy atom. The van der Waals surface area contributed by atoms with E-state index < -0.39 is 17.9 Å². The lowest BCUT2D eigenvalue weighted by Crippen LogP contribution is -2.52. The smallest absolute Gasteiger partial charge is 0.309 e. The van der Waals surface area contributed by atoms with Crippen LogP contribution in [-0.4, -0.2) is 63.9 Å². The molecule has 0 aliphatic carbocycles. The van der Waals surface area contributed by atoms with Crippen molar-refractivity contribution >= 4 is 17.9 Å². The zero-order valence-electron chi connectivity index (χ0n) is 22.9. The Kier molecular flexibility index (Phi) is 22.3. The van der Waals surface area contributed by atoms with Gasteiger partial charge in [0.2, 0.25) is 0 Å². The van der Waals surface area contributed by atoms with Gasteiger partial charge in [0.15, 0.2) is 0 Å². The third-order valence-electron chi connectivity index (χ3n) is 7.04. The first-order valence-corrected chi connectivity index (χ1v) is 14.5. The van der Waals surface area contributed by atoms with E-state index in [0.717, 1.165) is 19.3 Å². The number of rotatable bonds is 27. The normalized spacial score (nSPS) is 11.8. The van der Waals surface area contributed by atoms with Crippen LogP contribution >= 0.6 is 0 Å². The van der Waals surface area contributed by atoms with Crippen LogP contribution in [-0.2, 0) is 14.4 Å². The second kappa shape index (κ2) is 23.5.